The lowest BCUT2D eigenvalue weighted by atomic mass is 10.2. The fraction of sp³-hybridized carbons (Fsp3) is 0.273. The van der Waals surface area contributed by atoms with Crippen LogP contribution in [0.3, 0.4) is 0 Å². The average molecular weight is 423 g/mol. The molecule has 0 saturated heterocycles. The Hall–Kier alpha value is -3.13. The van der Waals surface area contributed by atoms with E-state index in [4.69, 9.17) is 0 Å². The van der Waals surface area contributed by atoms with Crippen LogP contribution in [0.5, 0.6) is 0 Å². The third-order valence-electron chi connectivity index (χ3n) is 4.58. The summed E-state index contributed by atoms with van der Waals surface area (Å²) < 4.78 is 1.94. The second kappa shape index (κ2) is 10.6. The van der Waals surface area contributed by atoms with Crippen molar-refractivity contribution in [1.82, 2.24) is 19.7 Å². The summed E-state index contributed by atoms with van der Waals surface area (Å²) in [7, 11) is 0. The van der Waals surface area contributed by atoms with Crippen LogP contribution in [0.15, 0.2) is 66.6 Å². The van der Waals surface area contributed by atoms with Gasteiger partial charge in [0.15, 0.2) is 11.0 Å². The van der Waals surface area contributed by atoms with Crippen LogP contribution in [-0.4, -0.2) is 44.5 Å². The van der Waals surface area contributed by atoms with Crippen molar-refractivity contribution in [3.63, 3.8) is 0 Å². The summed E-state index contributed by atoms with van der Waals surface area (Å²) in [6.45, 7) is 10.5. The summed E-state index contributed by atoms with van der Waals surface area (Å²) in [6.07, 6.45) is 5.22. The maximum absolute atomic E-state index is 12.4. The van der Waals surface area contributed by atoms with Gasteiger partial charge in [-0.25, -0.2) is 0 Å². The van der Waals surface area contributed by atoms with Gasteiger partial charge >= 0.3 is 0 Å². The molecule has 0 aliphatic rings. The summed E-state index contributed by atoms with van der Waals surface area (Å²) >= 11 is 1.35. The largest absolute Gasteiger partial charge is 0.372 e. The van der Waals surface area contributed by atoms with E-state index in [1.54, 1.807) is 18.5 Å². The molecule has 1 N–H and O–H groups in total. The molecule has 2 heterocycles. The van der Waals surface area contributed by atoms with Crippen LogP contribution in [0, 0.1) is 0 Å². The van der Waals surface area contributed by atoms with Crippen molar-refractivity contribution in [3.8, 4) is 11.4 Å². The van der Waals surface area contributed by atoms with Crippen LogP contribution < -0.4 is 10.2 Å². The fourth-order valence-corrected chi connectivity index (χ4v) is 3.82. The van der Waals surface area contributed by atoms with Crippen molar-refractivity contribution in [3.05, 3.63) is 61.4 Å². The van der Waals surface area contributed by atoms with Crippen molar-refractivity contribution < 1.29 is 4.79 Å². The third-order valence-corrected chi connectivity index (χ3v) is 5.55. The van der Waals surface area contributed by atoms with E-state index in [2.05, 4.69) is 45.8 Å². The van der Waals surface area contributed by atoms with Gasteiger partial charge in [-0.15, -0.1) is 16.8 Å². The smallest absolute Gasteiger partial charge is 0.234 e. The quantitative estimate of drug-likeness (QED) is 0.392. The van der Waals surface area contributed by atoms with Gasteiger partial charge < -0.3 is 10.2 Å². The summed E-state index contributed by atoms with van der Waals surface area (Å²) in [5.74, 6) is 0.880. The van der Waals surface area contributed by atoms with Crippen molar-refractivity contribution in [2.75, 3.05) is 29.1 Å². The summed E-state index contributed by atoms with van der Waals surface area (Å²) in [4.78, 5) is 18.7. The molecule has 156 valence electrons. The second-order valence-corrected chi connectivity index (χ2v) is 7.44. The van der Waals surface area contributed by atoms with Crippen LogP contribution in [0.2, 0.25) is 0 Å². The number of amides is 1. The summed E-state index contributed by atoms with van der Waals surface area (Å²) in [6, 6.07) is 11.7. The normalized spacial score (nSPS) is 10.6. The van der Waals surface area contributed by atoms with Crippen LogP contribution in [-0.2, 0) is 11.3 Å². The lowest BCUT2D eigenvalue weighted by Gasteiger charge is -2.21. The molecule has 0 fully saturated rings. The Morgan fingerprint density at radius 2 is 1.83 bits per heavy atom. The summed E-state index contributed by atoms with van der Waals surface area (Å²) in [5, 5.41) is 12.2. The number of aromatic nitrogens is 4. The zero-order chi connectivity index (χ0) is 21.3. The average Bonchev–Trinajstić information content (AvgIpc) is 3.18. The molecule has 0 radical (unpaired) electrons. The van der Waals surface area contributed by atoms with Gasteiger partial charge in [-0.05, 0) is 50.2 Å². The predicted molar refractivity (Wildman–Crippen MR) is 123 cm³/mol. The molecule has 1 amide bonds. The Kier molecular flexibility index (Phi) is 7.62. The maximum Gasteiger partial charge on any atom is 0.234 e. The third kappa shape index (κ3) is 5.27. The monoisotopic (exact) mass is 422 g/mol. The van der Waals surface area contributed by atoms with Crippen molar-refractivity contribution in [2.24, 2.45) is 0 Å². The van der Waals surface area contributed by atoms with Gasteiger partial charge in [0.05, 0.1) is 5.75 Å². The first-order valence-corrected chi connectivity index (χ1v) is 10.9. The van der Waals surface area contributed by atoms with Crippen molar-refractivity contribution >= 4 is 29.0 Å². The van der Waals surface area contributed by atoms with E-state index in [1.165, 1.54) is 11.8 Å². The van der Waals surface area contributed by atoms with Gasteiger partial charge in [0.2, 0.25) is 5.91 Å². The number of nitrogens with zero attached hydrogens (tertiary/aromatic N) is 5. The van der Waals surface area contributed by atoms with Crippen LogP contribution in [0.25, 0.3) is 11.4 Å². The molecule has 0 atom stereocenters. The Morgan fingerprint density at radius 3 is 2.47 bits per heavy atom. The Morgan fingerprint density at radius 1 is 1.13 bits per heavy atom. The number of allylic oxidation sites excluding steroid dienone is 1. The van der Waals surface area contributed by atoms with Crippen LogP contribution >= 0.6 is 11.8 Å². The highest BCUT2D eigenvalue weighted by Gasteiger charge is 2.15. The van der Waals surface area contributed by atoms with Gasteiger partial charge in [0.1, 0.15) is 0 Å². The van der Waals surface area contributed by atoms with E-state index in [0.29, 0.717) is 11.7 Å². The van der Waals surface area contributed by atoms with Gasteiger partial charge in [-0.2, -0.15) is 0 Å². The molecule has 0 bridgehead atoms. The first-order valence-electron chi connectivity index (χ1n) is 9.88. The minimum atomic E-state index is -0.0887. The van der Waals surface area contributed by atoms with E-state index in [0.717, 1.165) is 35.9 Å². The molecule has 2 aromatic heterocycles. The molecule has 8 heteroatoms. The predicted octanol–water partition coefficient (Wildman–Crippen LogP) is 4.10. The lowest BCUT2D eigenvalue weighted by Crippen LogP contribution is -2.21. The number of thioether (sulfide) groups is 1. The molecule has 3 aromatic rings. The first-order chi connectivity index (χ1) is 14.7. The topological polar surface area (TPSA) is 75.9 Å². The van der Waals surface area contributed by atoms with E-state index >= 15 is 0 Å². The summed E-state index contributed by atoms with van der Waals surface area (Å²) in [5.41, 5.74) is 2.85. The minimum Gasteiger partial charge on any atom is -0.372 e. The number of rotatable bonds is 10. The van der Waals surface area contributed by atoms with Crippen molar-refractivity contribution in [2.45, 2.75) is 25.5 Å². The number of carbonyl (C=O) groups excluding carboxylic acids is 1. The maximum atomic E-state index is 12.4. The molecule has 0 aliphatic heterocycles. The highest BCUT2D eigenvalue weighted by molar-refractivity contribution is 7.99. The highest BCUT2D eigenvalue weighted by Crippen LogP contribution is 2.24. The minimum absolute atomic E-state index is 0.0887. The number of carbonyl (C=O) groups is 1. The van der Waals surface area contributed by atoms with Crippen LogP contribution in [0.1, 0.15) is 13.8 Å². The molecule has 7 nitrogen and oxygen atoms in total. The zero-order valence-electron chi connectivity index (χ0n) is 17.3. The van der Waals surface area contributed by atoms with Gasteiger partial charge in [0, 0.05) is 49.0 Å². The number of benzene rings is 1. The van der Waals surface area contributed by atoms with E-state index in [1.807, 2.05) is 41.0 Å². The first kappa shape index (κ1) is 21.6. The molecular formula is C22H26N6OS. The van der Waals surface area contributed by atoms with E-state index in [9.17, 15) is 4.79 Å². The molecule has 0 aliphatic carbocycles. The Labute approximate surface area is 181 Å². The molecule has 0 unspecified atom stereocenters. The number of pyridine rings is 1. The molecule has 0 spiro atoms. The standard InChI is InChI=1S/C22H26N6OS/c1-4-15-28-21(17-11-13-23-14-12-17)25-26-22(28)30-16-20(29)24-18-7-9-19(10-8-18)27(5-2)6-3/h4,7-14H,1,5-6,15-16H2,2-3H3,(H,24,29). The van der Waals surface area contributed by atoms with Gasteiger partial charge in [0.25, 0.3) is 0 Å². The van der Waals surface area contributed by atoms with Gasteiger partial charge in [-0.1, -0.05) is 17.8 Å². The zero-order valence-corrected chi connectivity index (χ0v) is 18.1. The number of hydrogen-bond acceptors (Lipinski definition) is 6. The van der Waals surface area contributed by atoms with Crippen LogP contribution in [0.4, 0.5) is 11.4 Å². The van der Waals surface area contributed by atoms with Crippen molar-refractivity contribution in [1.29, 1.82) is 0 Å². The van der Waals surface area contributed by atoms with E-state index < -0.39 is 0 Å². The Bertz CT molecular complexity index is 967. The number of nitrogens with one attached hydrogen (secondary N) is 1. The molecule has 30 heavy (non-hydrogen) atoms. The highest BCUT2D eigenvalue weighted by atomic mass is 32.2. The SMILES string of the molecule is C=CCn1c(SCC(=O)Nc2ccc(N(CC)CC)cc2)nnc1-c1ccncc1. The fourth-order valence-electron chi connectivity index (χ4n) is 3.08. The van der Waals surface area contributed by atoms with E-state index in [-0.39, 0.29) is 11.7 Å². The lowest BCUT2D eigenvalue weighted by molar-refractivity contribution is -0.113. The molecular weight excluding hydrogens is 396 g/mol. The molecule has 0 saturated carbocycles. The number of hydrogen-bond donors (Lipinski definition) is 1. The number of anilines is 2. The second-order valence-electron chi connectivity index (χ2n) is 6.50. The molecule has 1 aromatic carbocycles. The van der Waals surface area contributed by atoms with Gasteiger partial charge in [-0.3, -0.25) is 14.3 Å². The molecule has 3 rings (SSSR count). The Balaban J connectivity index is 1.63.